The molecule has 134 valence electrons. The Kier molecular flexibility index (Phi) is 4.80. The maximum Gasteiger partial charge on any atom is 0.0457 e. The summed E-state index contributed by atoms with van der Waals surface area (Å²) in [6.45, 7) is 0. The minimum Gasteiger partial charge on any atom is -0.378 e. The monoisotopic (exact) mass is 352 g/mol. The first-order valence-electron chi connectivity index (χ1n) is 9.29. The third kappa shape index (κ3) is 3.80. The molecule has 4 rings (SSSR count). The molecule has 1 aliphatic heterocycles. The third-order valence-corrected chi connectivity index (χ3v) is 4.96. The highest BCUT2D eigenvalue weighted by Gasteiger charge is 2.14. The Bertz CT molecular complexity index is 967. The van der Waals surface area contributed by atoms with Gasteiger partial charge in [-0.2, -0.15) is 0 Å². The number of hydrogen-bond acceptors (Lipinski definition) is 2. The number of hydrogen-bond donors (Lipinski definition) is 1. The van der Waals surface area contributed by atoms with Gasteiger partial charge in [0.25, 0.3) is 0 Å². The van der Waals surface area contributed by atoms with E-state index in [1.54, 1.807) is 0 Å². The molecule has 1 N–H and O–H groups in total. The number of nitrogens with one attached hydrogen (secondary N) is 1. The molecule has 3 aromatic carbocycles. The average Bonchev–Trinajstić information content (AvgIpc) is 2.72. The molecular formula is C25H24N2. The van der Waals surface area contributed by atoms with E-state index in [1.165, 1.54) is 22.4 Å². The number of rotatable bonds is 4. The Labute approximate surface area is 161 Å². The van der Waals surface area contributed by atoms with Crippen molar-refractivity contribution in [3.8, 4) is 0 Å². The van der Waals surface area contributed by atoms with Crippen molar-refractivity contribution in [3.05, 3.63) is 113 Å². The molecule has 0 bridgehead atoms. The van der Waals surface area contributed by atoms with Gasteiger partial charge in [0.2, 0.25) is 0 Å². The van der Waals surface area contributed by atoms with Gasteiger partial charge >= 0.3 is 0 Å². The molecule has 1 heterocycles. The van der Waals surface area contributed by atoms with E-state index in [0.717, 1.165) is 11.4 Å². The number of nitrogens with zero attached hydrogens (tertiary/aromatic N) is 1. The number of para-hydroxylation sites is 1. The van der Waals surface area contributed by atoms with Crippen molar-refractivity contribution in [2.75, 3.05) is 24.3 Å². The summed E-state index contributed by atoms with van der Waals surface area (Å²) in [6.07, 6.45) is 6.65. The lowest BCUT2D eigenvalue weighted by Crippen LogP contribution is -2.09. The fourth-order valence-electron chi connectivity index (χ4n) is 3.43. The minimum absolute atomic E-state index is 0.194. The minimum atomic E-state index is 0.194. The predicted molar refractivity (Wildman–Crippen MR) is 116 cm³/mol. The summed E-state index contributed by atoms with van der Waals surface area (Å²) in [6, 6.07) is 27.9. The van der Waals surface area contributed by atoms with Crippen molar-refractivity contribution in [3.63, 3.8) is 0 Å². The lowest BCUT2D eigenvalue weighted by molar-refractivity contribution is 1.01. The first-order chi connectivity index (χ1) is 13.2. The lowest BCUT2D eigenvalue weighted by atomic mass is 9.89. The van der Waals surface area contributed by atoms with Crippen LogP contribution in [-0.2, 0) is 0 Å². The molecule has 0 aromatic heterocycles. The molecule has 0 aliphatic carbocycles. The van der Waals surface area contributed by atoms with Crippen LogP contribution in [0.25, 0.3) is 6.08 Å². The summed E-state index contributed by atoms with van der Waals surface area (Å²) in [5.41, 5.74) is 7.29. The van der Waals surface area contributed by atoms with Gasteiger partial charge in [-0.15, -0.1) is 0 Å². The lowest BCUT2D eigenvalue weighted by Gasteiger charge is -2.20. The van der Waals surface area contributed by atoms with Crippen LogP contribution in [0, 0.1) is 0 Å². The topological polar surface area (TPSA) is 15.3 Å². The molecule has 0 saturated heterocycles. The summed E-state index contributed by atoms with van der Waals surface area (Å²) in [7, 11) is 4.14. The van der Waals surface area contributed by atoms with Crippen LogP contribution in [0.2, 0.25) is 0 Å². The molecule has 0 saturated carbocycles. The van der Waals surface area contributed by atoms with Gasteiger partial charge in [-0.1, -0.05) is 66.7 Å². The van der Waals surface area contributed by atoms with Crippen molar-refractivity contribution in [1.29, 1.82) is 0 Å². The van der Waals surface area contributed by atoms with Crippen LogP contribution in [0.1, 0.15) is 22.6 Å². The summed E-state index contributed by atoms with van der Waals surface area (Å²) >= 11 is 0. The molecule has 0 spiro atoms. The Morgan fingerprint density at radius 1 is 0.741 bits per heavy atom. The summed E-state index contributed by atoms with van der Waals surface area (Å²) < 4.78 is 0. The molecule has 0 fully saturated rings. The van der Waals surface area contributed by atoms with Gasteiger partial charge in [0, 0.05) is 37.1 Å². The summed E-state index contributed by atoms with van der Waals surface area (Å²) in [4.78, 5) is 2.13. The van der Waals surface area contributed by atoms with E-state index in [9.17, 15) is 0 Å². The smallest absolute Gasteiger partial charge is 0.0457 e. The zero-order chi connectivity index (χ0) is 18.6. The van der Waals surface area contributed by atoms with Crippen LogP contribution >= 0.6 is 0 Å². The van der Waals surface area contributed by atoms with Gasteiger partial charge in [0.15, 0.2) is 0 Å². The Hall–Kier alpha value is -3.26. The van der Waals surface area contributed by atoms with Crippen LogP contribution < -0.4 is 10.2 Å². The number of allylic oxidation sites excluding steroid dienone is 2. The largest absolute Gasteiger partial charge is 0.378 e. The molecule has 3 aromatic rings. The molecule has 1 aliphatic rings. The van der Waals surface area contributed by atoms with Gasteiger partial charge < -0.3 is 10.2 Å². The van der Waals surface area contributed by atoms with Crippen molar-refractivity contribution in [2.45, 2.75) is 5.92 Å². The van der Waals surface area contributed by atoms with E-state index in [0.29, 0.717) is 0 Å². The van der Waals surface area contributed by atoms with Crippen LogP contribution in [-0.4, -0.2) is 14.1 Å². The highest BCUT2D eigenvalue weighted by Crippen LogP contribution is 2.31. The predicted octanol–water partition coefficient (Wildman–Crippen LogP) is 5.91. The first kappa shape index (κ1) is 17.2. The van der Waals surface area contributed by atoms with Gasteiger partial charge in [-0.25, -0.2) is 0 Å². The number of anilines is 2. The van der Waals surface area contributed by atoms with E-state index in [1.807, 2.05) is 0 Å². The Morgan fingerprint density at radius 3 is 2.15 bits per heavy atom. The Morgan fingerprint density at radius 2 is 1.41 bits per heavy atom. The fourth-order valence-corrected chi connectivity index (χ4v) is 3.43. The maximum absolute atomic E-state index is 3.56. The van der Waals surface area contributed by atoms with Crippen LogP contribution in [0.4, 0.5) is 11.4 Å². The zero-order valence-electron chi connectivity index (χ0n) is 15.8. The van der Waals surface area contributed by atoms with E-state index >= 15 is 0 Å². The maximum atomic E-state index is 3.56. The van der Waals surface area contributed by atoms with Crippen molar-refractivity contribution < 1.29 is 0 Å². The molecule has 0 radical (unpaired) electrons. The second-order valence-corrected chi connectivity index (χ2v) is 7.04. The molecule has 2 nitrogen and oxygen atoms in total. The van der Waals surface area contributed by atoms with Crippen LogP contribution in [0.3, 0.4) is 0 Å². The molecule has 0 amide bonds. The molecule has 2 heteroatoms. The highest BCUT2D eigenvalue weighted by molar-refractivity contribution is 5.74. The number of fused-ring (bicyclic) bond motifs is 1. The quantitative estimate of drug-likeness (QED) is 0.628. The average molecular weight is 352 g/mol. The summed E-state index contributed by atoms with van der Waals surface area (Å²) in [5, 5.41) is 3.56. The molecular weight excluding hydrogens is 328 g/mol. The second kappa shape index (κ2) is 7.55. The highest BCUT2D eigenvalue weighted by atomic mass is 15.1. The van der Waals surface area contributed by atoms with Gasteiger partial charge in [-0.05, 0) is 47.0 Å². The van der Waals surface area contributed by atoms with Gasteiger partial charge in [0.05, 0.1) is 0 Å². The Balaban J connectivity index is 1.71. The first-order valence-corrected chi connectivity index (χ1v) is 9.29. The van der Waals surface area contributed by atoms with E-state index < -0.39 is 0 Å². The van der Waals surface area contributed by atoms with E-state index in [-0.39, 0.29) is 5.92 Å². The third-order valence-electron chi connectivity index (χ3n) is 4.96. The molecule has 0 unspecified atom stereocenters. The van der Waals surface area contributed by atoms with E-state index in [2.05, 4.69) is 121 Å². The molecule has 1 atom stereocenters. The van der Waals surface area contributed by atoms with Gasteiger partial charge in [-0.3, -0.25) is 0 Å². The SMILES string of the molecule is CN(C)c1ccc([C@@H](/C=C2\C=Cc3ccccc3N2)c2ccccc2)cc1. The zero-order valence-corrected chi connectivity index (χ0v) is 15.8. The molecule has 27 heavy (non-hydrogen) atoms. The van der Waals surface area contributed by atoms with Crippen molar-refractivity contribution in [2.24, 2.45) is 0 Å². The van der Waals surface area contributed by atoms with E-state index in [4.69, 9.17) is 0 Å². The normalized spacial score (nSPS) is 15.1. The fraction of sp³-hybridized carbons (Fsp3) is 0.120. The van der Waals surface area contributed by atoms with Crippen LogP contribution in [0.15, 0.2) is 96.7 Å². The second-order valence-electron chi connectivity index (χ2n) is 7.04. The van der Waals surface area contributed by atoms with Crippen molar-refractivity contribution >= 4 is 17.5 Å². The number of benzene rings is 3. The standard InChI is InChI=1S/C25H24N2/c1-27(2)23-16-13-20(14-17-23)24(19-8-4-3-5-9-19)18-22-15-12-21-10-6-7-11-25(21)26-22/h3-18,24,26H,1-2H3/b22-18+/t24-/m0/s1. The van der Waals surface area contributed by atoms with Crippen molar-refractivity contribution in [1.82, 2.24) is 0 Å². The summed E-state index contributed by atoms with van der Waals surface area (Å²) in [5.74, 6) is 0.194. The van der Waals surface area contributed by atoms with Crippen LogP contribution in [0.5, 0.6) is 0 Å². The van der Waals surface area contributed by atoms with Gasteiger partial charge in [0.1, 0.15) is 0 Å².